The van der Waals surface area contributed by atoms with Gasteiger partial charge >= 0.3 is 0 Å². The van der Waals surface area contributed by atoms with Crippen molar-refractivity contribution in [1.29, 1.82) is 0 Å². The Bertz CT molecular complexity index is 445. The minimum absolute atomic E-state index is 0.740. The van der Waals surface area contributed by atoms with Crippen LogP contribution in [0.2, 0.25) is 0 Å². The van der Waals surface area contributed by atoms with Crippen LogP contribution in [0.5, 0.6) is 0 Å². The molecule has 0 aromatic carbocycles. The molecule has 0 saturated carbocycles. The largest absolute Gasteiger partial charge is 0.356 e. The lowest BCUT2D eigenvalue weighted by Crippen LogP contribution is -2.39. The van der Waals surface area contributed by atoms with Crippen molar-refractivity contribution in [3.05, 3.63) is 18.0 Å². The van der Waals surface area contributed by atoms with Crippen LogP contribution in [0.15, 0.2) is 17.3 Å². The van der Waals surface area contributed by atoms with Crippen molar-refractivity contribution in [2.24, 2.45) is 18.0 Å². The Labute approximate surface area is 127 Å². The maximum absolute atomic E-state index is 4.27. The fourth-order valence-corrected chi connectivity index (χ4v) is 2.72. The van der Waals surface area contributed by atoms with Crippen molar-refractivity contribution in [3.8, 4) is 0 Å². The molecule has 0 unspecified atom stereocenters. The standard InChI is InChI=1S/C15H28N6/c1-16-15(18-12-14-5-9-19-21(14)3)17-8-4-13-6-10-20(2)11-7-13/h5,9,13H,4,6-8,10-12H2,1-3H3,(H2,16,17,18). The first-order chi connectivity index (χ1) is 10.2. The molecule has 0 atom stereocenters. The molecule has 0 bridgehead atoms. The number of aryl methyl sites for hydroxylation is 1. The van der Waals surface area contributed by atoms with Crippen molar-refractivity contribution in [1.82, 2.24) is 25.3 Å². The van der Waals surface area contributed by atoms with Crippen LogP contribution < -0.4 is 10.6 Å². The Hall–Kier alpha value is -1.56. The molecule has 0 aliphatic carbocycles. The van der Waals surface area contributed by atoms with Gasteiger partial charge in [-0.25, -0.2) is 0 Å². The summed E-state index contributed by atoms with van der Waals surface area (Å²) in [6, 6.07) is 2.01. The smallest absolute Gasteiger partial charge is 0.191 e. The molecule has 118 valence electrons. The van der Waals surface area contributed by atoms with E-state index in [4.69, 9.17) is 0 Å². The third kappa shape index (κ3) is 5.04. The summed E-state index contributed by atoms with van der Waals surface area (Å²) in [6.45, 7) is 4.19. The van der Waals surface area contributed by atoms with E-state index in [1.54, 1.807) is 0 Å². The van der Waals surface area contributed by atoms with Gasteiger partial charge in [0, 0.05) is 26.8 Å². The van der Waals surface area contributed by atoms with Crippen LogP contribution in [-0.2, 0) is 13.6 Å². The van der Waals surface area contributed by atoms with Gasteiger partial charge in [-0.05, 0) is 51.4 Å². The highest BCUT2D eigenvalue weighted by atomic mass is 15.3. The number of hydrogen-bond acceptors (Lipinski definition) is 3. The van der Waals surface area contributed by atoms with E-state index < -0.39 is 0 Å². The SMILES string of the molecule is CN=C(NCCC1CCN(C)CC1)NCc1ccnn1C. The number of nitrogens with zero attached hydrogens (tertiary/aromatic N) is 4. The highest BCUT2D eigenvalue weighted by Gasteiger charge is 2.16. The van der Waals surface area contributed by atoms with Crippen molar-refractivity contribution in [2.75, 3.05) is 33.7 Å². The lowest BCUT2D eigenvalue weighted by molar-refractivity contribution is 0.213. The summed E-state index contributed by atoms with van der Waals surface area (Å²) in [5, 5.41) is 10.9. The van der Waals surface area contributed by atoms with E-state index in [9.17, 15) is 0 Å². The van der Waals surface area contributed by atoms with Crippen molar-refractivity contribution < 1.29 is 0 Å². The van der Waals surface area contributed by atoms with Gasteiger partial charge in [0.05, 0.1) is 12.2 Å². The normalized spacial score (nSPS) is 18.0. The first-order valence-electron chi connectivity index (χ1n) is 7.79. The van der Waals surface area contributed by atoms with E-state index in [0.29, 0.717) is 0 Å². The number of piperidine rings is 1. The van der Waals surface area contributed by atoms with Gasteiger partial charge in [0.2, 0.25) is 0 Å². The number of aliphatic imine (C=N–C) groups is 1. The van der Waals surface area contributed by atoms with Gasteiger partial charge in [-0.1, -0.05) is 0 Å². The second-order valence-corrected chi connectivity index (χ2v) is 5.83. The minimum Gasteiger partial charge on any atom is -0.356 e. The van der Waals surface area contributed by atoms with E-state index in [-0.39, 0.29) is 0 Å². The molecule has 0 radical (unpaired) electrons. The molecular weight excluding hydrogens is 264 g/mol. The van der Waals surface area contributed by atoms with Gasteiger partial charge in [-0.3, -0.25) is 9.67 Å². The number of aromatic nitrogens is 2. The predicted molar refractivity (Wildman–Crippen MR) is 86.2 cm³/mol. The van der Waals surface area contributed by atoms with Crippen LogP contribution >= 0.6 is 0 Å². The van der Waals surface area contributed by atoms with E-state index in [2.05, 4.69) is 32.7 Å². The van der Waals surface area contributed by atoms with E-state index in [1.807, 2.05) is 31.0 Å². The molecule has 1 aliphatic heterocycles. The highest BCUT2D eigenvalue weighted by molar-refractivity contribution is 5.79. The van der Waals surface area contributed by atoms with Gasteiger partial charge in [0.15, 0.2) is 5.96 Å². The maximum Gasteiger partial charge on any atom is 0.191 e. The first kappa shape index (κ1) is 15.8. The number of likely N-dealkylation sites (tertiary alicyclic amines) is 1. The summed E-state index contributed by atoms with van der Waals surface area (Å²) in [4.78, 5) is 6.68. The summed E-state index contributed by atoms with van der Waals surface area (Å²) >= 11 is 0. The lowest BCUT2D eigenvalue weighted by Gasteiger charge is -2.29. The fourth-order valence-electron chi connectivity index (χ4n) is 2.72. The van der Waals surface area contributed by atoms with Crippen molar-refractivity contribution >= 4 is 5.96 Å². The van der Waals surface area contributed by atoms with Crippen LogP contribution in [0.3, 0.4) is 0 Å². The second kappa shape index (κ2) is 8.02. The minimum atomic E-state index is 0.740. The number of rotatable bonds is 5. The molecule has 2 rings (SSSR count). The summed E-state index contributed by atoms with van der Waals surface area (Å²) in [7, 11) is 5.97. The molecule has 6 nitrogen and oxygen atoms in total. The van der Waals surface area contributed by atoms with E-state index in [0.717, 1.165) is 30.7 Å². The molecule has 1 fully saturated rings. The van der Waals surface area contributed by atoms with Gasteiger partial charge in [-0.2, -0.15) is 5.10 Å². The monoisotopic (exact) mass is 292 g/mol. The molecule has 1 aromatic rings. The molecule has 1 aliphatic rings. The zero-order chi connectivity index (χ0) is 15.1. The van der Waals surface area contributed by atoms with E-state index in [1.165, 1.54) is 32.4 Å². The zero-order valence-electron chi connectivity index (χ0n) is 13.5. The van der Waals surface area contributed by atoms with Gasteiger partial charge in [0.25, 0.3) is 0 Å². The average Bonchev–Trinajstić information content (AvgIpc) is 2.90. The molecule has 0 amide bonds. The Morgan fingerprint density at radius 1 is 1.33 bits per heavy atom. The molecule has 2 heterocycles. The summed E-state index contributed by atoms with van der Waals surface area (Å²) in [5.74, 6) is 1.72. The number of nitrogens with one attached hydrogen (secondary N) is 2. The number of hydrogen-bond donors (Lipinski definition) is 2. The molecule has 6 heteroatoms. The molecule has 1 aromatic heterocycles. The third-order valence-corrected chi connectivity index (χ3v) is 4.27. The number of guanidine groups is 1. The van der Waals surface area contributed by atoms with Crippen LogP contribution in [0.1, 0.15) is 25.0 Å². The lowest BCUT2D eigenvalue weighted by atomic mass is 9.94. The van der Waals surface area contributed by atoms with Crippen LogP contribution in [-0.4, -0.2) is 54.4 Å². The Morgan fingerprint density at radius 3 is 2.71 bits per heavy atom. The van der Waals surface area contributed by atoms with Crippen molar-refractivity contribution in [3.63, 3.8) is 0 Å². The van der Waals surface area contributed by atoms with Crippen LogP contribution in [0.4, 0.5) is 0 Å². The molecule has 21 heavy (non-hydrogen) atoms. The molecule has 1 saturated heterocycles. The first-order valence-corrected chi connectivity index (χ1v) is 7.79. The van der Waals surface area contributed by atoms with E-state index >= 15 is 0 Å². The van der Waals surface area contributed by atoms with Gasteiger partial charge in [-0.15, -0.1) is 0 Å². The predicted octanol–water partition coefficient (Wildman–Crippen LogP) is 0.817. The Morgan fingerprint density at radius 2 is 2.10 bits per heavy atom. The Kier molecular flexibility index (Phi) is 6.04. The van der Waals surface area contributed by atoms with Gasteiger partial charge < -0.3 is 15.5 Å². The Balaban J connectivity index is 1.65. The highest BCUT2D eigenvalue weighted by Crippen LogP contribution is 2.18. The quantitative estimate of drug-likeness (QED) is 0.623. The molecule has 2 N–H and O–H groups in total. The zero-order valence-corrected chi connectivity index (χ0v) is 13.5. The van der Waals surface area contributed by atoms with Crippen molar-refractivity contribution in [2.45, 2.75) is 25.8 Å². The fraction of sp³-hybridized carbons (Fsp3) is 0.733. The maximum atomic E-state index is 4.27. The third-order valence-electron chi connectivity index (χ3n) is 4.27. The topological polar surface area (TPSA) is 57.5 Å². The molecular formula is C15H28N6. The van der Waals surface area contributed by atoms with Crippen LogP contribution in [0, 0.1) is 5.92 Å². The summed E-state index contributed by atoms with van der Waals surface area (Å²) in [6.07, 6.45) is 5.67. The average molecular weight is 292 g/mol. The summed E-state index contributed by atoms with van der Waals surface area (Å²) in [5.41, 5.74) is 1.15. The van der Waals surface area contributed by atoms with Gasteiger partial charge in [0.1, 0.15) is 0 Å². The van der Waals surface area contributed by atoms with Crippen LogP contribution in [0.25, 0.3) is 0 Å². The molecule has 0 spiro atoms. The second-order valence-electron chi connectivity index (χ2n) is 5.83. The summed E-state index contributed by atoms with van der Waals surface area (Å²) < 4.78 is 1.87.